The number of imide groups is 1. The number of benzene rings is 2. The van der Waals surface area contributed by atoms with Crippen molar-refractivity contribution in [1.29, 1.82) is 0 Å². The van der Waals surface area contributed by atoms with Gasteiger partial charge in [0.2, 0.25) is 0 Å². The highest BCUT2D eigenvalue weighted by molar-refractivity contribution is 6.22. The van der Waals surface area contributed by atoms with E-state index in [1.165, 1.54) is 32.4 Å². The van der Waals surface area contributed by atoms with E-state index in [4.69, 9.17) is 4.74 Å². The van der Waals surface area contributed by atoms with Crippen LogP contribution in [0.2, 0.25) is 0 Å². The lowest BCUT2D eigenvalue weighted by Gasteiger charge is -2.11. The Morgan fingerprint density at radius 3 is 2.42 bits per heavy atom. The Balaban J connectivity index is 1.90. The summed E-state index contributed by atoms with van der Waals surface area (Å²) in [6, 6.07) is 9.24. The number of methoxy groups -OCH3 is 1. The van der Waals surface area contributed by atoms with Gasteiger partial charge in [-0.2, -0.15) is 0 Å². The highest BCUT2D eigenvalue weighted by Crippen LogP contribution is 2.24. The molecule has 0 unspecified atom stereocenters. The van der Waals surface area contributed by atoms with Crippen LogP contribution >= 0.6 is 0 Å². The van der Waals surface area contributed by atoms with Crippen LogP contribution in [-0.2, 0) is 4.74 Å². The number of nitrogens with one attached hydrogen (secondary N) is 1. The van der Waals surface area contributed by atoms with Crippen LogP contribution < -0.4 is 5.32 Å². The quantitative estimate of drug-likeness (QED) is 0.676. The van der Waals surface area contributed by atoms with Gasteiger partial charge in [0.15, 0.2) is 0 Å². The molecule has 1 heterocycles. The van der Waals surface area contributed by atoms with E-state index in [0.717, 1.165) is 4.90 Å². The van der Waals surface area contributed by atoms with Crippen molar-refractivity contribution in [2.75, 3.05) is 19.5 Å². The molecular weight excluding hydrogens is 336 g/mol. The third-order valence-electron chi connectivity index (χ3n) is 4.34. The van der Waals surface area contributed by atoms with Crippen molar-refractivity contribution in [3.05, 3.63) is 64.2 Å². The fourth-order valence-corrected chi connectivity index (χ4v) is 2.80. The molecule has 0 spiro atoms. The number of amides is 3. The Hall–Kier alpha value is -3.48. The first kappa shape index (κ1) is 17.3. The van der Waals surface area contributed by atoms with Crippen LogP contribution in [0.4, 0.5) is 5.69 Å². The first-order chi connectivity index (χ1) is 12.3. The molecule has 0 saturated heterocycles. The summed E-state index contributed by atoms with van der Waals surface area (Å²) >= 11 is 0. The molecule has 3 amide bonds. The van der Waals surface area contributed by atoms with Crippen molar-refractivity contribution >= 4 is 29.4 Å². The topological polar surface area (TPSA) is 92.8 Å². The van der Waals surface area contributed by atoms with Gasteiger partial charge in [-0.05, 0) is 42.8 Å². The second-order valence-corrected chi connectivity index (χ2v) is 5.85. The summed E-state index contributed by atoms with van der Waals surface area (Å²) in [5.41, 5.74) is 2.09. The number of carbonyl (C=O) groups excluding carboxylic acids is 4. The van der Waals surface area contributed by atoms with E-state index in [2.05, 4.69) is 5.32 Å². The maximum Gasteiger partial charge on any atom is 0.338 e. The number of carbonyl (C=O) groups is 4. The molecular formula is C19H16N2O5. The standard InChI is InChI=1S/C19H16N2O5/c1-10-12(19(25)26-3)5-4-6-15(10)20-16(22)11-7-8-13-14(9-11)18(24)21(2)17(13)23/h4-9H,1-3H3,(H,20,22). The molecule has 0 radical (unpaired) electrons. The largest absolute Gasteiger partial charge is 0.465 e. The van der Waals surface area contributed by atoms with Gasteiger partial charge in [-0.25, -0.2) is 4.79 Å². The number of rotatable bonds is 3. The van der Waals surface area contributed by atoms with Crippen LogP contribution in [-0.4, -0.2) is 42.7 Å². The Morgan fingerprint density at radius 2 is 1.73 bits per heavy atom. The lowest BCUT2D eigenvalue weighted by atomic mass is 10.0. The van der Waals surface area contributed by atoms with Crippen molar-refractivity contribution in [2.45, 2.75) is 6.92 Å². The molecule has 0 saturated carbocycles. The van der Waals surface area contributed by atoms with Crippen LogP contribution in [0.3, 0.4) is 0 Å². The number of anilines is 1. The van der Waals surface area contributed by atoms with E-state index in [1.807, 2.05) is 0 Å². The molecule has 0 atom stereocenters. The Bertz CT molecular complexity index is 964. The molecule has 1 aliphatic heterocycles. The molecule has 7 nitrogen and oxygen atoms in total. The second kappa shape index (κ2) is 6.44. The zero-order chi connectivity index (χ0) is 19.0. The van der Waals surface area contributed by atoms with Gasteiger partial charge in [0.25, 0.3) is 17.7 Å². The fraction of sp³-hybridized carbons (Fsp3) is 0.158. The molecule has 2 aromatic rings. The second-order valence-electron chi connectivity index (χ2n) is 5.85. The Labute approximate surface area is 149 Å². The maximum absolute atomic E-state index is 12.5. The van der Waals surface area contributed by atoms with E-state index in [-0.39, 0.29) is 16.7 Å². The highest BCUT2D eigenvalue weighted by Gasteiger charge is 2.33. The fourth-order valence-electron chi connectivity index (χ4n) is 2.80. The van der Waals surface area contributed by atoms with E-state index < -0.39 is 23.7 Å². The van der Waals surface area contributed by atoms with Crippen LogP contribution in [0.5, 0.6) is 0 Å². The summed E-state index contributed by atoms with van der Waals surface area (Å²) in [4.78, 5) is 49.3. The number of hydrogen-bond acceptors (Lipinski definition) is 5. The average Bonchev–Trinajstić information content (AvgIpc) is 2.86. The van der Waals surface area contributed by atoms with Gasteiger partial charge in [-0.3, -0.25) is 19.3 Å². The van der Waals surface area contributed by atoms with Crippen molar-refractivity contribution in [2.24, 2.45) is 0 Å². The molecule has 1 aliphatic rings. The summed E-state index contributed by atoms with van der Waals surface area (Å²) in [7, 11) is 2.68. The van der Waals surface area contributed by atoms with Crippen molar-refractivity contribution in [1.82, 2.24) is 4.90 Å². The normalized spacial score (nSPS) is 12.8. The number of nitrogens with zero attached hydrogens (tertiary/aromatic N) is 1. The zero-order valence-corrected chi connectivity index (χ0v) is 14.5. The van der Waals surface area contributed by atoms with E-state index in [9.17, 15) is 19.2 Å². The van der Waals surface area contributed by atoms with Gasteiger partial charge in [0.05, 0.1) is 23.8 Å². The summed E-state index contributed by atoms with van der Waals surface area (Å²) in [5.74, 6) is -1.78. The minimum atomic E-state index is -0.497. The van der Waals surface area contributed by atoms with Gasteiger partial charge >= 0.3 is 5.97 Å². The minimum absolute atomic E-state index is 0.199. The molecule has 3 rings (SSSR count). The maximum atomic E-state index is 12.5. The lowest BCUT2D eigenvalue weighted by molar-refractivity contribution is 0.0598. The smallest absolute Gasteiger partial charge is 0.338 e. The third-order valence-corrected chi connectivity index (χ3v) is 4.34. The van der Waals surface area contributed by atoms with Crippen molar-refractivity contribution in [3.8, 4) is 0 Å². The van der Waals surface area contributed by atoms with Crippen LogP contribution in [0, 0.1) is 6.92 Å². The molecule has 0 aliphatic carbocycles. The van der Waals surface area contributed by atoms with Crippen LogP contribution in [0.1, 0.15) is 47.0 Å². The van der Waals surface area contributed by atoms with E-state index >= 15 is 0 Å². The molecule has 0 aromatic heterocycles. The van der Waals surface area contributed by atoms with Crippen molar-refractivity contribution < 1.29 is 23.9 Å². The Kier molecular flexibility index (Phi) is 4.29. The van der Waals surface area contributed by atoms with Gasteiger partial charge in [-0.1, -0.05) is 6.07 Å². The van der Waals surface area contributed by atoms with Gasteiger partial charge in [0, 0.05) is 18.3 Å². The summed E-state index contributed by atoms with van der Waals surface area (Å²) < 4.78 is 4.72. The van der Waals surface area contributed by atoms with Gasteiger partial charge in [-0.15, -0.1) is 0 Å². The van der Waals surface area contributed by atoms with Crippen LogP contribution in [0.25, 0.3) is 0 Å². The van der Waals surface area contributed by atoms with Crippen LogP contribution in [0.15, 0.2) is 36.4 Å². The SMILES string of the molecule is COC(=O)c1cccc(NC(=O)c2ccc3c(c2)C(=O)N(C)C3=O)c1C. The average molecular weight is 352 g/mol. The van der Waals surface area contributed by atoms with Crippen molar-refractivity contribution in [3.63, 3.8) is 0 Å². The van der Waals surface area contributed by atoms with E-state index in [1.54, 1.807) is 25.1 Å². The predicted octanol–water partition coefficient (Wildman–Crippen LogP) is 2.26. The number of ether oxygens (including phenoxy) is 1. The monoisotopic (exact) mass is 352 g/mol. The molecule has 1 N–H and O–H groups in total. The molecule has 132 valence electrons. The summed E-state index contributed by atoms with van der Waals surface area (Å²) in [5, 5.41) is 2.72. The summed E-state index contributed by atoms with van der Waals surface area (Å²) in [6.45, 7) is 1.70. The lowest BCUT2D eigenvalue weighted by Crippen LogP contribution is -2.24. The van der Waals surface area contributed by atoms with Gasteiger partial charge in [0.1, 0.15) is 0 Å². The highest BCUT2D eigenvalue weighted by atomic mass is 16.5. The molecule has 7 heteroatoms. The third kappa shape index (κ3) is 2.73. The molecule has 26 heavy (non-hydrogen) atoms. The minimum Gasteiger partial charge on any atom is -0.465 e. The molecule has 0 bridgehead atoms. The first-order valence-corrected chi connectivity index (χ1v) is 7.81. The summed E-state index contributed by atoms with van der Waals surface area (Å²) in [6.07, 6.45) is 0. The number of hydrogen-bond donors (Lipinski definition) is 1. The van der Waals surface area contributed by atoms with E-state index in [0.29, 0.717) is 16.8 Å². The number of esters is 1. The molecule has 0 fully saturated rings. The number of fused-ring (bicyclic) bond motifs is 1. The molecule has 2 aromatic carbocycles. The zero-order valence-electron chi connectivity index (χ0n) is 14.5. The Morgan fingerprint density at radius 1 is 1.04 bits per heavy atom. The predicted molar refractivity (Wildman–Crippen MR) is 93.3 cm³/mol. The van der Waals surface area contributed by atoms with Gasteiger partial charge < -0.3 is 10.1 Å². The first-order valence-electron chi connectivity index (χ1n) is 7.81.